The minimum Gasteiger partial charge on any atom is -0.316 e. The molecule has 18 heavy (non-hydrogen) atoms. The van der Waals surface area contributed by atoms with Gasteiger partial charge in [-0.25, -0.2) is 0 Å². The summed E-state index contributed by atoms with van der Waals surface area (Å²) in [4.78, 5) is 0. The smallest absolute Gasteiger partial charge is 0.0164 e. The van der Waals surface area contributed by atoms with Crippen LogP contribution in [0.1, 0.15) is 60.3 Å². The van der Waals surface area contributed by atoms with Crippen molar-refractivity contribution in [1.82, 2.24) is 5.32 Å². The van der Waals surface area contributed by atoms with E-state index in [1.807, 2.05) is 7.05 Å². The minimum atomic E-state index is 0.501. The van der Waals surface area contributed by atoms with Crippen molar-refractivity contribution in [2.24, 2.45) is 23.2 Å². The van der Waals surface area contributed by atoms with E-state index in [-0.39, 0.29) is 0 Å². The third-order valence-corrected chi connectivity index (χ3v) is 4.57. The molecule has 0 aliphatic heterocycles. The molecule has 0 aromatic carbocycles. The third kappa shape index (κ3) is 4.76. The van der Waals surface area contributed by atoms with Gasteiger partial charge in [0.15, 0.2) is 0 Å². The van der Waals surface area contributed by atoms with E-state index >= 15 is 0 Å². The van der Waals surface area contributed by atoms with Crippen molar-refractivity contribution in [2.45, 2.75) is 60.3 Å². The van der Waals surface area contributed by atoms with Crippen LogP contribution in [0.4, 0.5) is 0 Å². The Morgan fingerprint density at radius 2 is 1.72 bits per heavy atom. The monoisotopic (exact) mass is 251 g/mol. The van der Waals surface area contributed by atoms with E-state index in [2.05, 4.69) is 46.0 Å². The molecule has 0 saturated heterocycles. The molecule has 1 saturated carbocycles. The fraction of sp³-hybridized carbons (Fsp3) is 0.882. The Labute approximate surface area is 114 Å². The first-order chi connectivity index (χ1) is 8.34. The van der Waals surface area contributed by atoms with Crippen LogP contribution in [0.25, 0.3) is 0 Å². The maximum absolute atomic E-state index is 3.30. The third-order valence-electron chi connectivity index (χ3n) is 4.57. The lowest BCUT2D eigenvalue weighted by Gasteiger charge is -2.36. The van der Waals surface area contributed by atoms with Crippen molar-refractivity contribution in [3.63, 3.8) is 0 Å². The highest BCUT2D eigenvalue weighted by Crippen LogP contribution is 2.40. The molecular weight excluding hydrogens is 218 g/mol. The van der Waals surface area contributed by atoms with Gasteiger partial charge < -0.3 is 5.32 Å². The Morgan fingerprint density at radius 1 is 1.17 bits per heavy atom. The number of hydrogen-bond donors (Lipinski definition) is 1. The normalized spacial score (nSPS) is 26.7. The van der Waals surface area contributed by atoms with E-state index in [4.69, 9.17) is 0 Å². The van der Waals surface area contributed by atoms with E-state index in [0.29, 0.717) is 11.3 Å². The Kier molecular flexibility index (Phi) is 5.91. The molecule has 1 heteroatoms. The maximum atomic E-state index is 3.30. The fourth-order valence-electron chi connectivity index (χ4n) is 3.11. The molecule has 0 amide bonds. The van der Waals surface area contributed by atoms with Crippen LogP contribution in [-0.4, -0.2) is 13.6 Å². The summed E-state index contributed by atoms with van der Waals surface area (Å²) >= 11 is 0. The van der Waals surface area contributed by atoms with Gasteiger partial charge in [-0.3, -0.25) is 0 Å². The first-order valence-corrected chi connectivity index (χ1v) is 7.69. The lowest BCUT2D eigenvalue weighted by Crippen LogP contribution is -2.26. The first-order valence-electron chi connectivity index (χ1n) is 7.69. The molecule has 1 fully saturated rings. The van der Waals surface area contributed by atoms with Gasteiger partial charge in [0.2, 0.25) is 0 Å². The van der Waals surface area contributed by atoms with Gasteiger partial charge in [0.05, 0.1) is 0 Å². The molecule has 0 heterocycles. The predicted octanol–water partition coefficient (Wildman–Crippen LogP) is 4.64. The van der Waals surface area contributed by atoms with Crippen LogP contribution in [-0.2, 0) is 0 Å². The van der Waals surface area contributed by atoms with Gasteiger partial charge in [0, 0.05) is 6.54 Å². The van der Waals surface area contributed by atoms with Crippen molar-refractivity contribution in [3.8, 4) is 0 Å². The first kappa shape index (κ1) is 15.8. The lowest BCUT2D eigenvalue weighted by atomic mass is 9.69. The lowest BCUT2D eigenvalue weighted by molar-refractivity contribution is 0.162. The van der Waals surface area contributed by atoms with Crippen molar-refractivity contribution in [2.75, 3.05) is 13.6 Å². The molecule has 0 atom stereocenters. The van der Waals surface area contributed by atoms with Gasteiger partial charge in [-0.05, 0) is 55.9 Å². The zero-order chi connectivity index (χ0) is 13.8. The molecular formula is C17H33N. The van der Waals surface area contributed by atoms with Crippen LogP contribution < -0.4 is 5.32 Å². The van der Waals surface area contributed by atoms with E-state index in [1.165, 1.54) is 25.7 Å². The molecule has 0 radical (unpaired) electrons. The summed E-state index contributed by atoms with van der Waals surface area (Å²) in [5.74, 6) is 2.43. The Hall–Kier alpha value is -0.300. The second-order valence-corrected chi connectivity index (χ2v) is 7.40. The van der Waals surface area contributed by atoms with Gasteiger partial charge in [-0.2, -0.15) is 0 Å². The van der Waals surface area contributed by atoms with E-state index < -0.39 is 0 Å². The van der Waals surface area contributed by atoms with Gasteiger partial charge in [-0.15, -0.1) is 0 Å². The Balaban J connectivity index is 2.54. The van der Waals surface area contributed by atoms with Crippen molar-refractivity contribution < 1.29 is 0 Å². The van der Waals surface area contributed by atoms with E-state index in [0.717, 1.165) is 18.4 Å². The highest BCUT2D eigenvalue weighted by atomic mass is 14.8. The fourth-order valence-corrected chi connectivity index (χ4v) is 3.11. The van der Waals surface area contributed by atoms with E-state index in [9.17, 15) is 0 Å². The summed E-state index contributed by atoms with van der Waals surface area (Å²) in [5.41, 5.74) is 2.09. The quantitative estimate of drug-likeness (QED) is 0.718. The highest BCUT2D eigenvalue weighted by molar-refractivity contribution is 5.09. The highest BCUT2D eigenvalue weighted by Gasteiger charge is 2.29. The topological polar surface area (TPSA) is 12.0 Å². The molecule has 0 unspecified atom stereocenters. The van der Waals surface area contributed by atoms with Gasteiger partial charge >= 0.3 is 0 Å². The van der Waals surface area contributed by atoms with Gasteiger partial charge in [-0.1, -0.05) is 46.3 Å². The summed E-state index contributed by atoms with van der Waals surface area (Å²) in [6.07, 6.45) is 8.18. The van der Waals surface area contributed by atoms with Crippen LogP contribution in [0.3, 0.4) is 0 Å². The summed E-state index contributed by atoms with van der Waals surface area (Å²) in [6.45, 7) is 12.9. The molecule has 0 bridgehead atoms. The minimum absolute atomic E-state index is 0.501. The summed E-state index contributed by atoms with van der Waals surface area (Å²) < 4.78 is 0. The van der Waals surface area contributed by atoms with Crippen LogP contribution in [0.15, 0.2) is 11.6 Å². The molecule has 1 N–H and O–H groups in total. The number of allylic oxidation sites excluding steroid dienone is 1. The molecule has 106 valence electrons. The largest absolute Gasteiger partial charge is 0.316 e. The second-order valence-electron chi connectivity index (χ2n) is 7.40. The second kappa shape index (κ2) is 6.75. The average Bonchev–Trinajstić information content (AvgIpc) is 2.28. The number of nitrogens with one attached hydrogen (secondary N) is 1. The van der Waals surface area contributed by atoms with Crippen LogP contribution >= 0.6 is 0 Å². The Bertz CT molecular complexity index is 262. The van der Waals surface area contributed by atoms with Gasteiger partial charge in [0.25, 0.3) is 0 Å². The summed E-state index contributed by atoms with van der Waals surface area (Å²) in [7, 11) is 2.05. The van der Waals surface area contributed by atoms with Crippen LogP contribution in [0.5, 0.6) is 0 Å². The number of rotatable bonds is 4. The molecule has 0 aromatic heterocycles. The molecule has 1 aliphatic rings. The van der Waals surface area contributed by atoms with Gasteiger partial charge in [0.1, 0.15) is 0 Å². The standard InChI is InChI=1S/C17H33N/c1-13(2)15(12-18-6)11-14-7-9-16(10-8-14)17(3,4)5/h11,13-14,16,18H,7-10,12H2,1-6H3. The molecule has 1 rings (SSSR count). The molecule has 0 aromatic rings. The number of hydrogen-bond acceptors (Lipinski definition) is 1. The van der Waals surface area contributed by atoms with Crippen molar-refractivity contribution >= 4 is 0 Å². The molecule has 1 nitrogen and oxygen atoms in total. The van der Waals surface area contributed by atoms with Crippen molar-refractivity contribution in [3.05, 3.63) is 11.6 Å². The molecule has 1 aliphatic carbocycles. The van der Waals surface area contributed by atoms with Crippen LogP contribution in [0.2, 0.25) is 0 Å². The predicted molar refractivity (Wildman–Crippen MR) is 81.8 cm³/mol. The SMILES string of the molecule is CNCC(=CC1CCC(C(C)(C)C)CC1)C(C)C. The zero-order valence-corrected chi connectivity index (χ0v) is 13.3. The van der Waals surface area contributed by atoms with Crippen molar-refractivity contribution in [1.29, 1.82) is 0 Å². The Morgan fingerprint density at radius 3 is 2.11 bits per heavy atom. The average molecular weight is 251 g/mol. The summed E-state index contributed by atoms with van der Waals surface area (Å²) in [6, 6.07) is 0. The van der Waals surface area contributed by atoms with Crippen LogP contribution in [0, 0.1) is 23.2 Å². The zero-order valence-electron chi connectivity index (χ0n) is 13.3. The number of likely N-dealkylation sites (N-methyl/N-ethyl adjacent to an activating group) is 1. The summed E-state index contributed by atoms with van der Waals surface area (Å²) in [5, 5.41) is 3.30. The molecule has 0 spiro atoms. The van der Waals surface area contributed by atoms with E-state index in [1.54, 1.807) is 5.57 Å². The maximum Gasteiger partial charge on any atom is 0.0164 e.